The van der Waals surface area contributed by atoms with E-state index < -0.39 is 11.8 Å². The van der Waals surface area contributed by atoms with Crippen molar-refractivity contribution in [3.63, 3.8) is 0 Å². The first-order chi connectivity index (χ1) is 8.45. The minimum absolute atomic E-state index is 0.175. The van der Waals surface area contributed by atoms with E-state index in [-0.39, 0.29) is 6.54 Å². The summed E-state index contributed by atoms with van der Waals surface area (Å²) in [5, 5.41) is 10.6. The molecule has 5 nitrogen and oxygen atoms in total. The molecule has 5 heteroatoms. The fourth-order valence-corrected chi connectivity index (χ4v) is 1.61. The van der Waals surface area contributed by atoms with Crippen LogP contribution in [0.15, 0.2) is 18.2 Å². The topological polar surface area (TPSA) is 73.2 Å². The number of likely N-dealkylation sites (N-methyl/N-ethyl adjacent to an activating group) is 1. The van der Waals surface area contributed by atoms with Gasteiger partial charge in [0.25, 0.3) is 0 Å². The monoisotopic (exact) mass is 245 g/mol. The van der Waals surface area contributed by atoms with Crippen LogP contribution < -0.4 is 10.2 Å². The fourth-order valence-electron chi connectivity index (χ4n) is 1.61. The largest absolute Gasteiger partial charge is 0.335 e. The first-order valence-electron chi connectivity index (χ1n) is 5.47. The van der Waals surface area contributed by atoms with Gasteiger partial charge in [0.15, 0.2) is 0 Å². The van der Waals surface area contributed by atoms with Gasteiger partial charge < -0.3 is 10.2 Å². The number of nitrogens with one attached hydrogen (secondary N) is 1. The second-order valence-corrected chi connectivity index (χ2v) is 4.05. The summed E-state index contributed by atoms with van der Waals surface area (Å²) in [6.07, 6.45) is 0. The highest BCUT2D eigenvalue weighted by Gasteiger charge is 2.19. The van der Waals surface area contributed by atoms with Crippen molar-refractivity contribution in [1.29, 1.82) is 5.26 Å². The number of hydrogen-bond acceptors (Lipinski definition) is 3. The number of aryl methyl sites for hydroxylation is 2. The lowest BCUT2D eigenvalue weighted by Gasteiger charge is -2.17. The van der Waals surface area contributed by atoms with Crippen LogP contribution >= 0.6 is 0 Å². The van der Waals surface area contributed by atoms with E-state index in [0.29, 0.717) is 5.69 Å². The normalized spacial score (nSPS) is 9.44. The van der Waals surface area contributed by atoms with Crippen molar-refractivity contribution in [3.05, 3.63) is 29.3 Å². The first-order valence-corrected chi connectivity index (χ1v) is 5.47. The molecule has 0 spiro atoms. The summed E-state index contributed by atoms with van der Waals surface area (Å²) in [4.78, 5) is 24.5. The number of hydrogen-bond donors (Lipinski definition) is 1. The lowest BCUT2D eigenvalue weighted by Crippen LogP contribution is -2.41. The number of anilines is 1. The van der Waals surface area contributed by atoms with Crippen LogP contribution in [0, 0.1) is 25.2 Å². The van der Waals surface area contributed by atoms with Crippen molar-refractivity contribution >= 4 is 17.5 Å². The maximum atomic E-state index is 11.8. The van der Waals surface area contributed by atoms with Crippen molar-refractivity contribution < 1.29 is 9.59 Å². The predicted octanol–water partition coefficient (Wildman–Crippen LogP) is 0.906. The number of amides is 2. The van der Waals surface area contributed by atoms with Crippen LogP contribution in [0.4, 0.5) is 5.69 Å². The third-order valence-corrected chi connectivity index (χ3v) is 2.42. The lowest BCUT2D eigenvalue weighted by molar-refractivity contribution is -0.137. The average molecular weight is 245 g/mol. The molecule has 2 amide bonds. The molecule has 0 unspecified atom stereocenters. The third-order valence-electron chi connectivity index (χ3n) is 2.42. The Bertz CT molecular complexity index is 497. The average Bonchev–Trinajstić information content (AvgIpc) is 2.32. The minimum Gasteiger partial charge on any atom is -0.335 e. The Morgan fingerprint density at radius 3 is 2.33 bits per heavy atom. The van der Waals surface area contributed by atoms with Gasteiger partial charge in [0.2, 0.25) is 0 Å². The quantitative estimate of drug-likeness (QED) is 0.621. The van der Waals surface area contributed by atoms with E-state index >= 15 is 0 Å². The van der Waals surface area contributed by atoms with Crippen LogP contribution in [-0.4, -0.2) is 25.4 Å². The van der Waals surface area contributed by atoms with Crippen molar-refractivity contribution in [2.24, 2.45) is 0 Å². The second kappa shape index (κ2) is 5.82. The van der Waals surface area contributed by atoms with Gasteiger partial charge in [-0.25, -0.2) is 0 Å². The van der Waals surface area contributed by atoms with Gasteiger partial charge in [-0.2, -0.15) is 5.26 Å². The van der Waals surface area contributed by atoms with Crippen LogP contribution in [0.2, 0.25) is 0 Å². The van der Waals surface area contributed by atoms with E-state index in [1.54, 1.807) is 6.07 Å². The Balaban J connectivity index is 2.86. The molecule has 0 radical (unpaired) electrons. The Morgan fingerprint density at radius 1 is 1.28 bits per heavy atom. The maximum absolute atomic E-state index is 11.8. The molecular weight excluding hydrogens is 230 g/mol. The van der Waals surface area contributed by atoms with Gasteiger partial charge in [-0.3, -0.25) is 9.59 Å². The Kier molecular flexibility index (Phi) is 4.44. The Hall–Kier alpha value is -2.35. The van der Waals surface area contributed by atoms with E-state index in [1.165, 1.54) is 11.9 Å². The van der Waals surface area contributed by atoms with Crippen LogP contribution in [0.25, 0.3) is 0 Å². The fraction of sp³-hybridized carbons (Fsp3) is 0.308. The molecule has 0 aromatic heterocycles. The van der Waals surface area contributed by atoms with E-state index in [4.69, 9.17) is 5.26 Å². The highest BCUT2D eigenvalue weighted by atomic mass is 16.2. The summed E-state index contributed by atoms with van der Waals surface area (Å²) < 4.78 is 0. The molecule has 1 rings (SSSR count). The van der Waals surface area contributed by atoms with E-state index in [9.17, 15) is 9.59 Å². The molecule has 94 valence electrons. The molecule has 0 heterocycles. The molecular formula is C13H15N3O2. The van der Waals surface area contributed by atoms with E-state index in [2.05, 4.69) is 5.32 Å². The van der Waals surface area contributed by atoms with Crippen molar-refractivity contribution in [2.45, 2.75) is 13.8 Å². The molecule has 1 aromatic rings. The molecule has 0 atom stereocenters. The number of rotatable bonds is 2. The van der Waals surface area contributed by atoms with Crippen molar-refractivity contribution in [2.75, 3.05) is 18.5 Å². The molecule has 0 saturated carbocycles. The van der Waals surface area contributed by atoms with Gasteiger partial charge >= 0.3 is 11.8 Å². The van der Waals surface area contributed by atoms with Gasteiger partial charge in [0, 0.05) is 12.7 Å². The molecule has 1 N–H and O–H groups in total. The molecule has 1 aromatic carbocycles. The standard InChI is InChI=1S/C13H15N3O2/c1-9-6-10(2)8-11(7-9)16(3)13(18)12(17)15-5-4-14/h6-8H,5H2,1-3H3,(H,15,17). The minimum atomic E-state index is -0.779. The first kappa shape index (κ1) is 13.7. The van der Waals surface area contributed by atoms with Gasteiger partial charge in [-0.15, -0.1) is 0 Å². The number of nitriles is 1. The highest BCUT2D eigenvalue weighted by Crippen LogP contribution is 2.17. The van der Waals surface area contributed by atoms with Crippen LogP contribution in [-0.2, 0) is 9.59 Å². The molecule has 0 fully saturated rings. The SMILES string of the molecule is Cc1cc(C)cc(N(C)C(=O)C(=O)NCC#N)c1. The molecule has 0 saturated heterocycles. The highest BCUT2D eigenvalue weighted by molar-refractivity contribution is 6.40. The Labute approximate surface area is 106 Å². The summed E-state index contributed by atoms with van der Waals surface area (Å²) in [5.74, 6) is -1.46. The third kappa shape index (κ3) is 3.32. The number of carbonyl (C=O) groups is 2. The van der Waals surface area contributed by atoms with Gasteiger partial charge in [0.1, 0.15) is 6.54 Å². The summed E-state index contributed by atoms with van der Waals surface area (Å²) >= 11 is 0. The van der Waals surface area contributed by atoms with Crippen LogP contribution in [0.1, 0.15) is 11.1 Å². The lowest BCUT2D eigenvalue weighted by atomic mass is 10.1. The zero-order valence-corrected chi connectivity index (χ0v) is 10.7. The second-order valence-electron chi connectivity index (χ2n) is 4.05. The van der Waals surface area contributed by atoms with Gasteiger partial charge in [-0.1, -0.05) is 6.07 Å². The van der Waals surface area contributed by atoms with E-state index in [0.717, 1.165) is 11.1 Å². The number of carbonyl (C=O) groups excluding carboxylic acids is 2. The van der Waals surface area contributed by atoms with Gasteiger partial charge in [-0.05, 0) is 37.1 Å². The summed E-state index contributed by atoms with van der Waals surface area (Å²) in [7, 11) is 1.53. The summed E-state index contributed by atoms with van der Waals surface area (Å²) in [6.45, 7) is 3.67. The number of nitrogens with zero attached hydrogens (tertiary/aromatic N) is 2. The maximum Gasteiger partial charge on any atom is 0.316 e. The molecule has 0 aliphatic carbocycles. The molecule has 18 heavy (non-hydrogen) atoms. The van der Waals surface area contributed by atoms with Crippen molar-refractivity contribution in [1.82, 2.24) is 5.32 Å². The zero-order chi connectivity index (χ0) is 13.7. The smallest absolute Gasteiger partial charge is 0.316 e. The number of benzene rings is 1. The summed E-state index contributed by atoms with van der Waals surface area (Å²) in [6, 6.07) is 7.38. The molecule has 0 bridgehead atoms. The summed E-state index contributed by atoms with van der Waals surface area (Å²) in [5.41, 5.74) is 2.69. The van der Waals surface area contributed by atoms with Crippen LogP contribution in [0.3, 0.4) is 0 Å². The van der Waals surface area contributed by atoms with Gasteiger partial charge in [0.05, 0.1) is 6.07 Å². The van der Waals surface area contributed by atoms with E-state index in [1.807, 2.05) is 32.0 Å². The molecule has 0 aliphatic heterocycles. The predicted molar refractivity (Wildman–Crippen MR) is 67.9 cm³/mol. The van der Waals surface area contributed by atoms with Crippen molar-refractivity contribution in [3.8, 4) is 6.07 Å². The van der Waals surface area contributed by atoms with Crippen LogP contribution in [0.5, 0.6) is 0 Å². The zero-order valence-electron chi connectivity index (χ0n) is 10.7. The Morgan fingerprint density at radius 2 is 1.83 bits per heavy atom. The molecule has 0 aliphatic rings.